The zero-order valence-electron chi connectivity index (χ0n) is 10.5. The highest BCUT2D eigenvalue weighted by molar-refractivity contribution is 5.85. The van der Waals surface area contributed by atoms with Gasteiger partial charge in [-0.1, -0.05) is 6.07 Å². The Labute approximate surface area is 107 Å². The van der Waals surface area contributed by atoms with E-state index in [-0.39, 0.29) is 0 Å². The highest BCUT2D eigenvalue weighted by atomic mass is 16.5. The predicted octanol–water partition coefficient (Wildman–Crippen LogP) is 1.75. The first-order valence-corrected chi connectivity index (χ1v) is 6.04. The summed E-state index contributed by atoms with van der Waals surface area (Å²) in [5.74, 6) is 0. The third-order valence-electron chi connectivity index (χ3n) is 2.95. The van der Waals surface area contributed by atoms with Crippen LogP contribution in [0.4, 0.5) is 0 Å². The number of benzene rings is 1. The number of fused-ring (bicyclic) bond motifs is 1. The predicted molar refractivity (Wildman–Crippen MR) is 71.4 cm³/mol. The van der Waals surface area contributed by atoms with Gasteiger partial charge in [-0.2, -0.15) is 5.26 Å². The highest BCUT2D eigenvalue weighted by Crippen LogP contribution is 2.19. The zero-order valence-corrected chi connectivity index (χ0v) is 10.5. The summed E-state index contributed by atoms with van der Waals surface area (Å²) < 4.78 is 7.14. The van der Waals surface area contributed by atoms with E-state index in [2.05, 4.69) is 16.0 Å². The lowest BCUT2D eigenvalue weighted by Gasteiger charge is -2.07. The van der Waals surface area contributed by atoms with Crippen LogP contribution in [0.3, 0.4) is 0 Å². The number of methoxy groups -OCH3 is 1. The minimum Gasteiger partial charge on any atom is -0.383 e. The Hall–Kier alpha value is -1.83. The SMILES string of the molecule is COCCNCCn1ccc2c(C#N)cccc21. The fraction of sp³-hybridized carbons (Fsp3) is 0.357. The van der Waals surface area contributed by atoms with E-state index in [1.165, 1.54) is 0 Å². The van der Waals surface area contributed by atoms with Crippen molar-refractivity contribution in [3.05, 3.63) is 36.0 Å². The highest BCUT2D eigenvalue weighted by Gasteiger charge is 2.04. The molecule has 0 aliphatic carbocycles. The molecule has 0 radical (unpaired) electrons. The molecule has 0 aliphatic heterocycles. The molecule has 18 heavy (non-hydrogen) atoms. The van der Waals surface area contributed by atoms with Gasteiger partial charge in [-0.05, 0) is 18.2 Å². The summed E-state index contributed by atoms with van der Waals surface area (Å²) in [6.07, 6.45) is 2.03. The second kappa shape index (κ2) is 6.20. The molecule has 1 aromatic carbocycles. The lowest BCUT2D eigenvalue weighted by atomic mass is 10.1. The number of nitrogens with one attached hydrogen (secondary N) is 1. The summed E-state index contributed by atoms with van der Waals surface area (Å²) in [7, 11) is 1.70. The van der Waals surface area contributed by atoms with Crippen LogP contribution in [0.5, 0.6) is 0 Å². The van der Waals surface area contributed by atoms with Crippen LogP contribution in [0.2, 0.25) is 0 Å². The number of hydrogen-bond donors (Lipinski definition) is 1. The maximum atomic E-state index is 9.03. The molecule has 94 valence electrons. The molecule has 0 atom stereocenters. The number of aromatic nitrogens is 1. The summed E-state index contributed by atoms with van der Waals surface area (Å²) in [4.78, 5) is 0. The van der Waals surface area contributed by atoms with Crippen LogP contribution in [-0.4, -0.2) is 31.4 Å². The molecule has 0 unspecified atom stereocenters. The number of ether oxygens (including phenoxy) is 1. The van der Waals surface area contributed by atoms with Crippen molar-refractivity contribution in [1.29, 1.82) is 5.26 Å². The average molecular weight is 243 g/mol. The van der Waals surface area contributed by atoms with Crippen LogP contribution in [-0.2, 0) is 11.3 Å². The van der Waals surface area contributed by atoms with Crippen LogP contribution in [0.1, 0.15) is 5.56 Å². The quantitative estimate of drug-likeness (QED) is 0.786. The fourth-order valence-corrected chi connectivity index (χ4v) is 2.01. The van der Waals surface area contributed by atoms with E-state index in [9.17, 15) is 0 Å². The number of nitriles is 1. The van der Waals surface area contributed by atoms with Gasteiger partial charge in [0.25, 0.3) is 0 Å². The van der Waals surface area contributed by atoms with E-state index in [0.29, 0.717) is 0 Å². The van der Waals surface area contributed by atoms with Crippen molar-refractivity contribution in [2.45, 2.75) is 6.54 Å². The first-order valence-electron chi connectivity index (χ1n) is 6.04. The van der Waals surface area contributed by atoms with Gasteiger partial charge in [0.15, 0.2) is 0 Å². The third-order valence-corrected chi connectivity index (χ3v) is 2.95. The van der Waals surface area contributed by atoms with Crippen LogP contribution in [0.15, 0.2) is 30.5 Å². The summed E-state index contributed by atoms with van der Waals surface area (Å²) >= 11 is 0. The van der Waals surface area contributed by atoms with E-state index >= 15 is 0 Å². The second-order valence-electron chi connectivity index (χ2n) is 4.10. The third kappa shape index (κ3) is 2.70. The van der Waals surface area contributed by atoms with E-state index in [1.807, 2.05) is 30.5 Å². The van der Waals surface area contributed by atoms with Crippen LogP contribution in [0, 0.1) is 11.3 Å². The second-order valence-corrected chi connectivity index (χ2v) is 4.10. The van der Waals surface area contributed by atoms with Crippen molar-refractivity contribution in [3.8, 4) is 6.07 Å². The van der Waals surface area contributed by atoms with Crippen molar-refractivity contribution in [3.63, 3.8) is 0 Å². The molecule has 1 N–H and O–H groups in total. The maximum absolute atomic E-state index is 9.03. The molecule has 2 rings (SSSR count). The van der Waals surface area contributed by atoms with Crippen LogP contribution in [0.25, 0.3) is 10.9 Å². The lowest BCUT2D eigenvalue weighted by molar-refractivity contribution is 0.199. The minimum absolute atomic E-state index is 0.727. The number of nitrogens with zero attached hydrogens (tertiary/aromatic N) is 2. The van der Waals surface area contributed by atoms with Crippen molar-refractivity contribution < 1.29 is 4.74 Å². The number of rotatable bonds is 6. The Bertz CT molecular complexity index is 554. The lowest BCUT2D eigenvalue weighted by Crippen LogP contribution is -2.23. The van der Waals surface area contributed by atoms with Crippen molar-refractivity contribution in [2.75, 3.05) is 26.8 Å². The van der Waals surface area contributed by atoms with Gasteiger partial charge >= 0.3 is 0 Å². The van der Waals surface area contributed by atoms with E-state index in [0.717, 1.165) is 42.7 Å². The molecular weight excluding hydrogens is 226 g/mol. The molecule has 0 amide bonds. The molecular formula is C14H17N3O. The molecule has 0 saturated carbocycles. The topological polar surface area (TPSA) is 50.0 Å². The van der Waals surface area contributed by atoms with Crippen molar-refractivity contribution >= 4 is 10.9 Å². The van der Waals surface area contributed by atoms with Gasteiger partial charge in [0.2, 0.25) is 0 Å². The van der Waals surface area contributed by atoms with Gasteiger partial charge in [0.05, 0.1) is 18.2 Å². The number of hydrogen-bond acceptors (Lipinski definition) is 3. The monoisotopic (exact) mass is 243 g/mol. The summed E-state index contributed by atoms with van der Waals surface area (Å²) in [6.45, 7) is 3.37. The normalized spacial score (nSPS) is 10.7. The first-order chi connectivity index (χ1) is 8.86. The Morgan fingerprint density at radius 1 is 1.33 bits per heavy atom. The van der Waals surface area contributed by atoms with Gasteiger partial charge in [0.1, 0.15) is 0 Å². The molecule has 2 aromatic rings. The van der Waals surface area contributed by atoms with Gasteiger partial charge < -0.3 is 14.6 Å². The van der Waals surface area contributed by atoms with Crippen molar-refractivity contribution in [1.82, 2.24) is 9.88 Å². The largest absolute Gasteiger partial charge is 0.383 e. The molecule has 1 aromatic heterocycles. The summed E-state index contributed by atoms with van der Waals surface area (Å²) in [5.41, 5.74) is 1.85. The smallest absolute Gasteiger partial charge is 0.0998 e. The Kier molecular flexibility index (Phi) is 4.35. The van der Waals surface area contributed by atoms with Crippen LogP contribution >= 0.6 is 0 Å². The zero-order chi connectivity index (χ0) is 12.8. The van der Waals surface area contributed by atoms with Gasteiger partial charge in [0, 0.05) is 43.8 Å². The van der Waals surface area contributed by atoms with E-state index in [4.69, 9.17) is 10.00 Å². The summed E-state index contributed by atoms with van der Waals surface area (Å²) in [6, 6.07) is 10.0. The van der Waals surface area contributed by atoms with Gasteiger partial charge in [-0.25, -0.2) is 0 Å². The summed E-state index contributed by atoms with van der Waals surface area (Å²) in [5, 5.41) is 13.4. The van der Waals surface area contributed by atoms with Crippen LogP contribution < -0.4 is 5.32 Å². The fourth-order valence-electron chi connectivity index (χ4n) is 2.01. The first kappa shape index (κ1) is 12.6. The molecule has 0 aliphatic rings. The van der Waals surface area contributed by atoms with Gasteiger partial charge in [-0.3, -0.25) is 0 Å². The molecule has 0 spiro atoms. The van der Waals surface area contributed by atoms with Crippen molar-refractivity contribution in [2.24, 2.45) is 0 Å². The molecule has 0 fully saturated rings. The minimum atomic E-state index is 0.727. The maximum Gasteiger partial charge on any atom is 0.0998 e. The molecule has 0 saturated heterocycles. The Morgan fingerprint density at radius 2 is 2.22 bits per heavy atom. The standard InChI is InChI=1S/C14H17N3O/c1-18-10-7-16-6-9-17-8-5-13-12(11-15)3-2-4-14(13)17/h2-5,8,16H,6-7,9-10H2,1H3. The Morgan fingerprint density at radius 3 is 3.00 bits per heavy atom. The average Bonchev–Trinajstić information content (AvgIpc) is 2.82. The van der Waals surface area contributed by atoms with E-state index < -0.39 is 0 Å². The Balaban J connectivity index is 2.04. The molecule has 0 bridgehead atoms. The molecule has 1 heterocycles. The van der Waals surface area contributed by atoms with E-state index in [1.54, 1.807) is 7.11 Å². The molecule has 4 heteroatoms. The van der Waals surface area contributed by atoms with Gasteiger partial charge in [-0.15, -0.1) is 0 Å². The molecule has 4 nitrogen and oxygen atoms in total.